The summed E-state index contributed by atoms with van der Waals surface area (Å²) in [6.07, 6.45) is 9.96. The molecule has 62 valence electrons. The van der Waals surface area contributed by atoms with Crippen molar-refractivity contribution >= 4 is 0 Å². The molecule has 1 nitrogen and oxygen atoms in total. The average Bonchev–Trinajstić information content (AvgIpc) is 2.01. The van der Waals surface area contributed by atoms with Crippen LogP contribution in [-0.2, 0) is 0 Å². The van der Waals surface area contributed by atoms with Crippen LogP contribution in [0.15, 0.2) is 37.6 Å². The highest BCUT2D eigenvalue weighted by Crippen LogP contribution is 1.99. The van der Waals surface area contributed by atoms with Crippen molar-refractivity contribution in [2.24, 2.45) is 0 Å². The minimum atomic E-state index is 0.412. The van der Waals surface area contributed by atoms with E-state index in [0.717, 1.165) is 12.8 Å². The number of rotatable bonds is 6. The van der Waals surface area contributed by atoms with Crippen LogP contribution in [0.25, 0.3) is 0 Å². The molecule has 0 amide bonds. The lowest BCUT2D eigenvalue weighted by Gasteiger charge is -2.10. The van der Waals surface area contributed by atoms with Gasteiger partial charge in [0.25, 0.3) is 0 Å². The third-order valence-corrected chi connectivity index (χ3v) is 1.44. The van der Waals surface area contributed by atoms with Crippen molar-refractivity contribution in [2.45, 2.75) is 25.8 Å². The van der Waals surface area contributed by atoms with E-state index in [9.17, 15) is 0 Å². The molecule has 0 rings (SSSR count). The standard InChI is InChI=1S/C10H17N/c1-4-7-9-10(8-5-2)11-6-3/h4-6,8,10-11H,1,3,7,9H2,2H3/b8-5+. The van der Waals surface area contributed by atoms with Crippen molar-refractivity contribution in [3.63, 3.8) is 0 Å². The summed E-state index contributed by atoms with van der Waals surface area (Å²) in [5.41, 5.74) is 0. The number of allylic oxidation sites excluding steroid dienone is 2. The van der Waals surface area contributed by atoms with Gasteiger partial charge in [-0.25, -0.2) is 0 Å². The predicted octanol–water partition coefficient (Wildman–Crippen LogP) is 2.63. The van der Waals surface area contributed by atoms with Gasteiger partial charge in [0.2, 0.25) is 0 Å². The molecule has 11 heavy (non-hydrogen) atoms. The first-order valence-corrected chi connectivity index (χ1v) is 3.95. The lowest BCUT2D eigenvalue weighted by Crippen LogP contribution is -2.20. The summed E-state index contributed by atoms with van der Waals surface area (Å²) in [4.78, 5) is 0. The summed E-state index contributed by atoms with van der Waals surface area (Å²) >= 11 is 0. The molecular formula is C10H17N. The Hall–Kier alpha value is -0.980. The van der Waals surface area contributed by atoms with E-state index in [4.69, 9.17) is 0 Å². The van der Waals surface area contributed by atoms with E-state index in [1.165, 1.54) is 0 Å². The van der Waals surface area contributed by atoms with Gasteiger partial charge in [0, 0.05) is 6.04 Å². The molecule has 0 fully saturated rings. The van der Waals surface area contributed by atoms with Crippen LogP contribution in [0.5, 0.6) is 0 Å². The molecule has 0 saturated heterocycles. The molecule has 1 unspecified atom stereocenters. The fourth-order valence-corrected chi connectivity index (χ4v) is 0.916. The normalized spacial score (nSPS) is 12.8. The molecule has 0 aromatic heterocycles. The highest BCUT2D eigenvalue weighted by molar-refractivity contribution is 4.94. The van der Waals surface area contributed by atoms with E-state index >= 15 is 0 Å². The molecule has 1 heteroatoms. The van der Waals surface area contributed by atoms with Gasteiger partial charge in [-0.05, 0) is 26.0 Å². The Labute approximate surface area is 69.5 Å². The molecule has 0 heterocycles. The van der Waals surface area contributed by atoms with Crippen LogP contribution in [0.2, 0.25) is 0 Å². The van der Waals surface area contributed by atoms with Gasteiger partial charge in [0.1, 0.15) is 0 Å². The Bertz CT molecular complexity index is 136. The molecule has 1 atom stereocenters. The second kappa shape index (κ2) is 7.13. The van der Waals surface area contributed by atoms with Crippen molar-refractivity contribution in [3.05, 3.63) is 37.6 Å². The molecule has 0 bridgehead atoms. The van der Waals surface area contributed by atoms with Crippen LogP contribution in [0.3, 0.4) is 0 Å². The highest BCUT2D eigenvalue weighted by Gasteiger charge is 1.97. The Balaban J connectivity index is 3.67. The van der Waals surface area contributed by atoms with Gasteiger partial charge < -0.3 is 5.32 Å². The first kappa shape index (κ1) is 10.0. The van der Waals surface area contributed by atoms with Crippen molar-refractivity contribution in [1.82, 2.24) is 5.32 Å². The molecule has 0 aromatic carbocycles. The maximum absolute atomic E-state index is 3.68. The van der Waals surface area contributed by atoms with Crippen molar-refractivity contribution in [2.75, 3.05) is 0 Å². The lowest BCUT2D eigenvalue weighted by atomic mass is 10.1. The fourth-order valence-electron chi connectivity index (χ4n) is 0.916. The Morgan fingerprint density at radius 2 is 2.18 bits per heavy atom. The quantitative estimate of drug-likeness (QED) is 0.575. The van der Waals surface area contributed by atoms with E-state index in [0.29, 0.717) is 6.04 Å². The summed E-state index contributed by atoms with van der Waals surface area (Å²) in [5.74, 6) is 0. The fraction of sp³-hybridized carbons (Fsp3) is 0.400. The third-order valence-electron chi connectivity index (χ3n) is 1.44. The van der Waals surface area contributed by atoms with E-state index in [1.54, 1.807) is 6.20 Å². The van der Waals surface area contributed by atoms with Crippen LogP contribution in [-0.4, -0.2) is 6.04 Å². The van der Waals surface area contributed by atoms with Gasteiger partial charge in [0.15, 0.2) is 0 Å². The first-order chi connectivity index (χ1) is 5.35. The number of nitrogens with one attached hydrogen (secondary N) is 1. The molecule has 0 aromatic rings. The second-order valence-corrected chi connectivity index (χ2v) is 2.37. The zero-order valence-corrected chi connectivity index (χ0v) is 7.22. The summed E-state index contributed by atoms with van der Waals surface area (Å²) in [6.45, 7) is 9.31. The first-order valence-electron chi connectivity index (χ1n) is 3.95. The Morgan fingerprint density at radius 3 is 2.64 bits per heavy atom. The van der Waals surface area contributed by atoms with Crippen LogP contribution in [0, 0.1) is 0 Å². The van der Waals surface area contributed by atoms with E-state index in [2.05, 4.69) is 24.6 Å². The average molecular weight is 151 g/mol. The molecule has 0 saturated carbocycles. The summed E-state index contributed by atoms with van der Waals surface area (Å²) in [5, 5.41) is 3.15. The van der Waals surface area contributed by atoms with Gasteiger partial charge in [-0.3, -0.25) is 0 Å². The smallest absolute Gasteiger partial charge is 0.0441 e. The Morgan fingerprint density at radius 1 is 1.45 bits per heavy atom. The summed E-state index contributed by atoms with van der Waals surface area (Å²) in [6, 6.07) is 0.412. The summed E-state index contributed by atoms with van der Waals surface area (Å²) < 4.78 is 0. The van der Waals surface area contributed by atoms with Crippen molar-refractivity contribution in [3.8, 4) is 0 Å². The third kappa shape index (κ3) is 5.46. The lowest BCUT2D eigenvalue weighted by molar-refractivity contribution is 0.646. The van der Waals surface area contributed by atoms with Crippen LogP contribution in [0.1, 0.15) is 19.8 Å². The monoisotopic (exact) mass is 151 g/mol. The highest BCUT2D eigenvalue weighted by atomic mass is 14.9. The molecule has 1 N–H and O–H groups in total. The zero-order chi connectivity index (χ0) is 8.53. The van der Waals surface area contributed by atoms with Gasteiger partial charge in [-0.1, -0.05) is 24.8 Å². The molecule has 0 aliphatic rings. The second-order valence-electron chi connectivity index (χ2n) is 2.37. The minimum Gasteiger partial charge on any atom is -0.385 e. The van der Waals surface area contributed by atoms with Gasteiger partial charge in [-0.2, -0.15) is 0 Å². The largest absolute Gasteiger partial charge is 0.385 e. The van der Waals surface area contributed by atoms with Gasteiger partial charge in [0.05, 0.1) is 0 Å². The zero-order valence-electron chi connectivity index (χ0n) is 7.22. The molecule has 0 aliphatic carbocycles. The van der Waals surface area contributed by atoms with Crippen molar-refractivity contribution in [1.29, 1.82) is 0 Å². The van der Waals surface area contributed by atoms with Gasteiger partial charge >= 0.3 is 0 Å². The Kier molecular flexibility index (Phi) is 6.50. The number of hydrogen-bond donors (Lipinski definition) is 1. The van der Waals surface area contributed by atoms with E-state index in [-0.39, 0.29) is 0 Å². The maximum atomic E-state index is 3.68. The van der Waals surface area contributed by atoms with E-state index in [1.807, 2.05) is 19.1 Å². The van der Waals surface area contributed by atoms with Crippen LogP contribution in [0.4, 0.5) is 0 Å². The van der Waals surface area contributed by atoms with E-state index < -0.39 is 0 Å². The molecule has 0 spiro atoms. The molecule has 0 radical (unpaired) electrons. The predicted molar refractivity (Wildman–Crippen MR) is 51.4 cm³/mol. The van der Waals surface area contributed by atoms with Crippen LogP contribution < -0.4 is 5.32 Å². The topological polar surface area (TPSA) is 12.0 Å². The number of hydrogen-bond acceptors (Lipinski definition) is 1. The molecule has 0 aliphatic heterocycles. The minimum absolute atomic E-state index is 0.412. The maximum Gasteiger partial charge on any atom is 0.0441 e. The van der Waals surface area contributed by atoms with Gasteiger partial charge in [-0.15, -0.1) is 6.58 Å². The molecular weight excluding hydrogens is 134 g/mol. The summed E-state index contributed by atoms with van der Waals surface area (Å²) in [7, 11) is 0. The van der Waals surface area contributed by atoms with Crippen molar-refractivity contribution < 1.29 is 0 Å². The van der Waals surface area contributed by atoms with Crippen LogP contribution >= 0.6 is 0 Å². The SMILES string of the molecule is C=CCCC(/C=C/C)NC=C.